The van der Waals surface area contributed by atoms with Crippen molar-refractivity contribution in [2.75, 3.05) is 7.11 Å². The standard InChI is InChI=1S/C25H20ClN3O3/c1-32-18-6-4-5-16(13-18)24-21-22(19-7-2-3-8-20(19)30)27-28-23(21)25(31)29(24)14-15-9-11-17(26)12-10-15/h2-13,24,30H,14H2,1H3,(H,27,28). The molecular formula is C25H20ClN3O3. The molecule has 1 aliphatic rings. The number of ether oxygens (including phenoxy) is 1. The summed E-state index contributed by atoms with van der Waals surface area (Å²) in [5, 5.41) is 18.4. The molecule has 0 saturated heterocycles. The Kier molecular flexibility index (Phi) is 5.07. The zero-order chi connectivity index (χ0) is 22.2. The molecule has 2 N–H and O–H groups in total. The van der Waals surface area contributed by atoms with Crippen LogP contribution >= 0.6 is 11.6 Å². The third kappa shape index (κ3) is 3.39. The monoisotopic (exact) mass is 445 g/mol. The largest absolute Gasteiger partial charge is 0.507 e. The number of aromatic hydroxyl groups is 1. The van der Waals surface area contributed by atoms with Crippen molar-refractivity contribution in [2.45, 2.75) is 12.6 Å². The van der Waals surface area contributed by atoms with Crippen LogP contribution in [0.15, 0.2) is 72.8 Å². The minimum Gasteiger partial charge on any atom is -0.507 e. The maximum Gasteiger partial charge on any atom is 0.273 e. The van der Waals surface area contributed by atoms with Crippen molar-refractivity contribution in [1.82, 2.24) is 15.1 Å². The van der Waals surface area contributed by atoms with Crippen LogP contribution in [0.2, 0.25) is 5.02 Å². The van der Waals surface area contributed by atoms with E-state index >= 15 is 0 Å². The number of phenolic OH excluding ortho intramolecular Hbond substituents is 1. The van der Waals surface area contributed by atoms with E-state index in [1.165, 1.54) is 0 Å². The average molecular weight is 446 g/mol. The molecule has 0 saturated carbocycles. The zero-order valence-corrected chi connectivity index (χ0v) is 18.0. The van der Waals surface area contributed by atoms with Gasteiger partial charge in [-0.2, -0.15) is 5.10 Å². The number of carbonyl (C=O) groups is 1. The summed E-state index contributed by atoms with van der Waals surface area (Å²) >= 11 is 6.04. The van der Waals surface area contributed by atoms with E-state index in [4.69, 9.17) is 16.3 Å². The van der Waals surface area contributed by atoms with Crippen LogP contribution in [0.5, 0.6) is 11.5 Å². The SMILES string of the molecule is COc1cccc(C2c3c(-c4ccccc4O)n[nH]c3C(=O)N2Cc2ccc(Cl)cc2)c1. The molecular weight excluding hydrogens is 426 g/mol. The highest BCUT2D eigenvalue weighted by Gasteiger charge is 2.42. The topological polar surface area (TPSA) is 78.5 Å². The van der Waals surface area contributed by atoms with Gasteiger partial charge in [-0.05, 0) is 47.5 Å². The van der Waals surface area contributed by atoms with Gasteiger partial charge in [-0.15, -0.1) is 0 Å². The summed E-state index contributed by atoms with van der Waals surface area (Å²) in [4.78, 5) is 15.3. The quantitative estimate of drug-likeness (QED) is 0.443. The zero-order valence-electron chi connectivity index (χ0n) is 17.2. The van der Waals surface area contributed by atoms with Gasteiger partial charge in [-0.25, -0.2) is 0 Å². The first-order valence-corrected chi connectivity index (χ1v) is 10.5. The first-order valence-electron chi connectivity index (χ1n) is 10.1. The van der Waals surface area contributed by atoms with Crippen LogP contribution in [-0.2, 0) is 6.54 Å². The molecule has 3 aromatic carbocycles. The van der Waals surface area contributed by atoms with E-state index in [1.54, 1.807) is 30.2 Å². The summed E-state index contributed by atoms with van der Waals surface area (Å²) in [5.74, 6) is 0.647. The molecule has 0 bridgehead atoms. The lowest BCUT2D eigenvalue weighted by Crippen LogP contribution is -2.29. The molecule has 1 unspecified atom stereocenters. The van der Waals surface area contributed by atoms with E-state index in [2.05, 4.69) is 10.2 Å². The molecule has 0 radical (unpaired) electrons. The number of halogens is 1. The van der Waals surface area contributed by atoms with Crippen molar-refractivity contribution in [3.8, 4) is 22.8 Å². The van der Waals surface area contributed by atoms with E-state index in [9.17, 15) is 9.90 Å². The number of fused-ring (bicyclic) bond motifs is 1. The number of methoxy groups -OCH3 is 1. The van der Waals surface area contributed by atoms with Crippen LogP contribution in [-0.4, -0.2) is 33.2 Å². The van der Waals surface area contributed by atoms with E-state index in [1.807, 2.05) is 54.6 Å². The number of benzene rings is 3. The highest BCUT2D eigenvalue weighted by Crippen LogP contribution is 2.45. The van der Waals surface area contributed by atoms with Gasteiger partial charge in [0.15, 0.2) is 0 Å². The average Bonchev–Trinajstić information content (AvgIpc) is 3.35. The number of phenols is 1. The molecule has 0 spiro atoms. The Labute approximate surface area is 190 Å². The highest BCUT2D eigenvalue weighted by atomic mass is 35.5. The lowest BCUT2D eigenvalue weighted by Gasteiger charge is -2.27. The first-order chi connectivity index (χ1) is 15.6. The summed E-state index contributed by atoms with van der Waals surface area (Å²) < 4.78 is 5.43. The maximum absolute atomic E-state index is 13.5. The summed E-state index contributed by atoms with van der Waals surface area (Å²) in [7, 11) is 1.61. The maximum atomic E-state index is 13.5. The number of rotatable bonds is 5. The van der Waals surface area contributed by atoms with Gasteiger partial charge >= 0.3 is 0 Å². The van der Waals surface area contributed by atoms with Gasteiger partial charge in [-0.3, -0.25) is 9.89 Å². The smallest absolute Gasteiger partial charge is 0.273 e. The normalized spacial score (nSPS) is 15.1. The molecule has 0 aliphatic carbocycles. The minimum atomic E-state index is -0.406. The number of H-pyrrole nitrogens is 1. The predicted octanol–water partition coefficient (Wildman–Crippen LogP) is 5.19. The Hall–Kier alpha value is -3.77. The number of carbonyl (C=O) groups excluding carboxylic acids is 1. The summed E-state index contributed by atoms with van der Waals surface area (Å²) in [6.45, 7) is 0.389. The Morgan fingerprint density at radius 3 is 2.62 bits per heavy atom. The van der Waals surface area contributed by atoms with Gasteiger partial charge in [0, 0.05) is 22.7 Å². The van der Waals surface area contributed by atoms with Crippen molar-refractivity contribution in [1.29, 1.82) is 0 Å². The number of para-hydroxylation sites is 1. The summed E-state index contributed by atoms with van der Waals surface area (Å²) in [6, 6.07) is 21.7. The van der Waals surface area contributed by atoms with Crippen molar-refractivity contribution in [2.24, 2.45) is 0 Å². The molecule has 7 heteroatoms. The van der Waals surface area contributed by atoms with Crippen LogP contribution in [0, 0.1) is 0 Å². The molecule has 32 heavy (non-hydrogen) atoms. The van der Waals surface area contributed by atoms with Crippen molar-refractivity contribution >= 4 is 17.5 Å². The number of aromatic nitrogens is 2. The van der Waals surface area contributed by atoms with Gasteiger partial charge < -0.3 is 14.7 Å². The minimum absolute atomic E-state index is 0.106. The molecule has 5 rings (SSSR count). The predicted molar refractivity (Wildman–Crippen MR) is 122 cm³/mol. The van der Waals surface area contributed by atoms with Crippen LogP contribution in [0.3, 0.4) is 0 Å². The van der Waals surface area contributed by atoms with E-state index in [0.717, 1.165) is 16.7 Å². The Bertz CT molecular complexity index is 1300. The number of hydrogen-bond acceptors (Lipinski definition) is 4. The molecule has 1 aliphatic heterocycles. The van der Waals surface area contributed by atoms with Gasteiger partial charge in [0.2, 0.25) is 0 Å². The van der Waals surface area contributed by atoms with Crippen LogP contribution in [0.25, 0.3) is 11.3 Å². The number of aromatic amines is 1. The molecule has 1 amide bonds. The Balaban J connectivity index is 1.66. The molecule has 4 aromatic rings. The molecule has 0 fully saturated rings. The fourth-order valence-electron chi connectivity index (χ4n) is 4.18. The van der Waals surface area contributed by atoms with Crippen molar-refractivity contribution in [3.05, 3.63) is 100 Å². The van der Waals surface area contributed by atoms with Gasteiger partial charge in [-0.1, -0.05) is 48.0 Å². The lowest BCUT2D eigenvalue weighted by molar-refractivity contribution is 0.0730. The fourth-order valence-corrected chi connectivity index (χ4v) is 4.31. The summed E-state index contributed by atoms with van der Waals surface area (Å²) in [5.41, 5.74) is 4.13. The Morgan fingerprint density at radius 2 is 1.88 bits per heavy atom. The Morgan fingerprint density at radius 1 is 1.09 bits per heavy atom. The molecule has 2 heterocycles. The second kappa shape index (κ2) is 8.05. The van der Waals surface area contributed by atoms with Crippen LogP contribution in [0.1, 0.15) is 33.2 Å². The van der Waals surface area contributed by atoms with Crippen molar-refractivity contribution in [3.63, 3.8) is 0 Å². The van der Waals surface area contributed by atoms with Gasteiger partial charge in [0.1, 0.15) is 22.9 Å². The third-order valence-corrected chi connectivity index (χ3v) is 5.95. The molecule has 1 atom stereocenters. The first kappa shape index (κ1) is 20.2. The second-order valence-corrected chi connectivity index (χ2v) is 8.05. The molecule has 1 aromatic heterocycles. The highest BCUT2D eigenvalue weighted by molar-refractivity contribution is 6.30. The van der Waals surface area contributed by atoms with Gasteiger partial charge in [0.05, 0.1) is 13.2 Å². The number of hydrogen-bond donors (Lipinski definition) is 2. The van der Waals surface area contributed by atoms with Crippen LogP contribution < -0.4 is 4.74 Å². The van der Waals surface area contributed by atoms with Gasteiger partial charge in [0.25, 0.3) is 5.91 Å². The van der Waals surface area contributed by atoms with Crippen molar-refractivity contribution < 1.29 is 14.6 Å². The number of nitrogens with zero attached hydrogens (tertiary/aromatic N) is 2. The van der Waals surface area contributed by atoms with Crippen LogP contribution in [0.4, 0.5) is 0 Å². The summed E-state index contributed by atoms with van der Waals surface area (Å²) in [6.07, 6.45) is 0. The van der Waals surface area contributed by atoms with E-state index in [-0.39, 0.29) is 11.7 Å². The number of amides is 1. The number of nitrogens with one attached hydrogen (secondary N) is 1. The lowest BCUT2D eigenvalue weighted by atomic mass is 9.95. The third-order valence-electron chi connectivity index (χ3n) is 5.70. The fraction of sp³-hybridized carbons (Fsp3) is 0.120. The van der Waals surface area contributed by atoms with E-state index < -0.39 is 6.04 Å². The second-order valence-electron chi connectivity index (χ2n) is 7.62. The molecule has 160 valence electrons. The van der Waals surface area contributed by atoms with E-state index in [0.29, 0.717) is 34.3 Å². The molecule has 6 nitrogen and oxygen atoms in total.